The molecule has 3 aromatic rings. The number of pyridine rings is 1. The number of carbonyl (C=O) groups is 2. The Kier molecular flexibility index (Phi) is 6.99. The van der Waals surface area contributed by atoms with Crippen molar-refractivity contribution >= 4 is 29.2 Å². The van der Waals surface area contributed by atoms with Crippen LogP contribution in [0.15, 0.2) is 48.8 Å². The molecule has 0 saturated carbocycles. The van der Waals surface area contributed by atoms with E-state index in [1.807, 2.05) is 55.1 Å². The summed E-state index contributed by atoms with van der Waals surface area (Å²) in [5, 5.41) is 7.52. The van der Waals surface area contributed by atoms with Gasteiger partial charge in [-0.25, -0.2) is 4.98 Å². The fourth-order valence-electron chi connectivity index (χ4n) is 4.27. The van der Waals surface area contributed by atoms with E-state index < -0.39 is 0 Å². The van der Waals surface area contributed by atoms with Crippen molar-refractivity contribution in [3.05, 3.63) is 76.2 Å². The van der Waals surface area contributed by atoms with Crippen LogP contribution in [0.3, 0.4) is 0 Å². The lowest BCUT2D eigenvalue weighted by atomic mass is 9.98. The number of carbonyl (C=O) groups excluding carboxylic acids is 2. The van der Waals surface area contributed by atoms with Gasteiger partial charge in [0.2, 0.25) is 5.91 Å². The Morgan fingerprint density at radius 3 is 2.56 bits per heavy atom. The maximum Gasteiger partial charge on any atom is 0.276 e. The Hall–Kier alpha value is -3.63. The number of nitrogens with zero attached hydrogens (tertiary/aromatic N) is 4. The third kappa shape index (κ3) is 5.13. The van der Waals surface area contributed by atoms with Crippen LogP contribution in [0, 0.1) is 18.8 Å². The highest BCUT2D eigenvalue weighted by Gasteiger charge is 2.31. The van der Waals surface area contributed by atoms with Crippen LogP contribution in [0.2, 0.25) is 5.02 Å². The average Bonchev–Trinajstić information content (AvgIpc) is 3.21. The fourth-order valence-corrected chi connectivity index (χ4v) is 4.49. The van der Waals surface area contributed by atoms with E-state index in [2.05, 4.69) is 27.2 Å². The zero-order chi connectivity index (χ0) is 24.2. The van der Waals surface area contributed by atoms with Crippen molar-refractivity contribution in [1.29, 1.82) is 0 Å². The highest BCUT2D eigenvalue weighted by atomic mass is 35.5. The molecule has 0 bridgehead atoms. The number of benzene rings is 1. The van der Waals surface area contributed by atoms with Gasteiger partial charge in [0.1, 0.15) is 11.5 Å². The van der Waals surface area contributed by atoms with Crippen molar-refractivity contribution in [3.8, 4) is 11.8 Å². The fraction of sp³-hybridized carbons (Fsp3) is 0.308. The molecule has 34 heavy (non-hydrogen) atoms. The Balaban J connectivity index is 1.50. The Labute approximate surface area is 204 Å². The quantitative estimate of drug-likeness (QED) is 0.567. The van der Waals surface area contributed by atoms with Gasteiger partial charge < -0.3 is 10.2 Å². The molecule has 2 amide bonds. The number of halogens is 1. The predicted octanol–water partition coefficient (Wildman–Crippen LogP) is 4.46. The van der Waals surface area contributed by atoms with E-state index in [1.54, 1.807) is 17.8 Å². The second kappa shape index (κ2) is 10.1. The Morgan fingerprint density at radius 1 is 1.15 bits per heavy atom. The van der Waals surface area contributed by atoms with Crippen molar-refractivity contribution in [1.82, 2.24) is 19.7 Å². The molecule has 174 valence electrons. The highest BCUT2D eigenvalue weighted by molar-refractivity contribution is 6.34. The molecule has 1 aliphatic rings. The number of hydrogen-bond acceptors (Lipinski definition) is 4. The van der Waals surface area contributed by atoms with E-state index in [4.69, 9.17) is 11.6 Å². The normalized spacial score (nSPS) is 17.6. The molecule has 4 rings (SSSR count). The van der Waals surface area contributed by atoms with Crippen molar-refractivity contribution in [2.45, 2.75) is 45.7 Å². The van der Waals surface area contributed by atoms with Gasteiger partial charge in [-0.15, -0.1) is 0 Å². The second-order valence-electron chi connectivity index (χ2n) is 8.48. The molecule has 1 aliphatic heterocycles. The van der Waals surface area contributed by atoms with Gasteiger partial charge in [0.05, 0.1) is 17.3 Å². The van der Waals surface area contributed by atoms with Crippen molar-refractivity contribution in [2.75, 3.05) is 11.9 Å². The van der Waals surface area contributed by atoms with E-state index in [0.29, 0.717) is 30.9 Å². The molecule has 3 heterocycles. The first kappa shape index (κ1) is 23.5. The number of piperidine rings is 1. The summed E-state index contributed by atoms with van der Waals surface area (Å²) >= 11 is 6.36. The molecule has 0 aliphatic carbocycles. The van der Waals surface area contributed by atoms with Crippen LogP contribution < -0.4 is 5.32 Å². The molecule has 0 radical (unpaired) electrons. The van der Waals surface area contributed by atoms with Gasteiger partial charge >= 0.3 is 0 Å². The summed E-state index contributed by atoms with van der Waals surface area (Å²) in [7, 11) is 0. The zero-order valence-corrected chi connectivity index (χ0v) is 20.1. The number of likely N-dealkylation sites (tertiary alicyclic amines) is 1. The van der Waals surface area contributed by atoms with E-state index in [1.165, 1.54) is 6.20 Å². The van der Waals surface area contributed by atoms with E-state index in [0.717, 1.165) is 16.7 Å². The molecule has 0 unspecified atom stereocenters. The summed E-state index contributed by atoms with van der Waals surface area (Å²) in [6.07, 6.45) is 4.52. The standard InChI is InChI=1S/C26H26ClN5O2/c1-17-13-21(10-9-20-7-5-4-6-8-20)15-28-25(17)30-26(34)24-23(27)16-29-32(24)22-11-12-31(19(3)33)18(2)14-22/h4-8,13,15-16,18,22H,11-12,14H2,1-3H3,(H,28,30,34)/t18-,22-/m0/s1. The first-order chi connectivity index (χ1) is 16.3. The topological polar surface area (TPSA) is 80.1 Å². The number of aromatic nitrogens is 3. The minimum absolute atomic E-state index is 0.0245. The molecule has 1 saturated heterocycles. The number of rotatable bonds is 3. The Bertz CT molecular complexity index is 1280. The number of amides is 2. The number of hydrogen-bond donors (Lipinski definition) is 1. The molecular weight excluding hydrogens is 450 g/mol. The zero-order valence-electron chi connectivity index (χ0n) is 19.4. The summed E-state index contributed by atoms with van der Waals surface area (Å²) in [4.78, 5) is 31.2. The highest BCUT2D eigenvalue weighted by Crippen LogP contribution is 2.30. The molecule has 1 aromatic carbocycles. The first-order valence-electron chi connectivity index (χ1n) is 11.2. The average molecular weight is 476 g/mol. The van der Waals surface area contributed by atoms with Crippen LogP contribution in [0.4, 0.5) is 5.82 Å². The summed E-state index contributed by atoms with van der Waals surface area (Å²) in [5.41, 5.74) is 2.76. The van der Waals surface area contributed by atoms with Gasteiger partial charge in [-0.05, 0) is 50.5 Å². The summed E-state index contributed by atoms with van der Waals surface area (Å²) in [6, 6.07) is 11.6. The smallest absolute Gasteiger partial charge is 0.276 e. The van der Waals surface area contributed by atoms with Crippen molar-refractivity contribution < 1.29 is 9.59 Å². The molecule has 2 atom stereocenters. The molecule has 8 heteroatoms. The lowest BCUT2D eigenvalue weighted by Gasteiger charge is -2.37. The molecule has 1 N–H and O–H groups in total. The maximum absolute atomic E-state index is 13.2. The summed E-state index contributed by atoms with van der Waals surface area (Å²) in [5.74, 6) is 6.33. The van der Waals surface area contributed by atoms with Crippen molar-refractivity contribution in [3.63, 3.8) is 0 Å². The molecule has 7 nitrogen and oxygen atoms in total. The third-order valence-electron chi connectivity index (χ3n) is 6.00. The van der Waals surface area contributed by atoms with Crippen LogP contribution >= 0.6 is 11.6 Å². The third-order valence-corrected chi connectivity index (χ3v) is 6.28. The largest absolute Gasteiger partial charge is 0.340 e. The van der Waals surface area contributed by atoms with Crippen molar-refractivity contribution in [2.24, 2.45) is 0 Å². The van der Waals surface area contributed by atoms with E-state index in [-0.39, 0.29) is 28.9 Å². The Morgan fingerprint density at radius 2 is 1.88 bits per heavy atom. The molecule has 1 fully saturated rings. The number of anilines is 1. The van der Waals surface area contributed by atoms with Crippen LogP contribution in [0.5, 0.6) is 0 Å². The van der Waals surface area contributed by atoms with Gasteiger partial charge in [-0.3, -0.25) is 14.3 Å². The van der Waals surface area contributed by atoms with Gasteiger partial charge in [-0.2, -0.15) is 5.10 Å². The monoisotopic (exact) mass is 475 g/mol. The van der Waals surface area contributed by atoms with Crippen LogP contribution in [-0.2, 0) is 4.79 Å². The van der Waals surface area contributed by atoms with E-state index in [9.17, 15) is 9.59 Å². The van der Waals surface area contributed by atoms with Gasteiger partial charge in [0.15, 0.2) is 0 Å². The minimum Gasteiger partial charge on any atom is -0.340 e. The number of aryl methyl sites for hydroxylation is 1. The van der Waals surface area contributed by atoms with Gasteiger partial charge in [-0.1, -0.05) is 41.6 Å². The van der Waals surface area contributed by atoms with E-state index >= 15 is 0 Å². The summed E-state index contributed by atoms with van der Waals surface area (Å²) in [6.45, 7) is 6.07. The minimum atomic E-state index is -0.372. The van der Waals surface area contributed by atoms with Crippen LogP contribution in [0.1, 0.15) is 59.9 Å². The van der Waals surface area contributed by atoms with Gasteiger partial charge in [0, 0.05) is 36.8 Å². The maximum atomic E-state index is 13.2. The number of nitrogens with one attached hydrogen (secondary N) is 1. The predicted molar refractivity (Wildman–Crippen MR) is 132 cm³/mol. The SMILES string of the molecule is CC(=O)N1CC[C@H](n2ncc(Cl)c2C(=O)Nc2ncc(C#Cc3ccccc3)cc2C)C[C@@H]1C. The van der Waals surface area contributed by atoms with Crippen LogP contribution in [0.25, 0.3) is 0 Å². The molecular formula is C26H26ClN5O2. The van der Waals surface area contributed by atoms with Crippen LogP contribution in [-0.4, -0.2) is 44.1 Å². The molecule has 0 spiro atoms. The summed E-state index contributed by atoms with van der Waals surface area (Å²) < 4.78 is 1.68. The van der Waals surface area contributed by atoms with Gasteiger partial charge in [0.25, 0.3) is 5.91 Å². The molecule has 2 aromatic heterocycles. The lowest BCUT2D eigenvalue weighted by molar-refractivity contribution is -0.132. The second-order valence-corrected chi connectivity index (χ2v) is 8.89. The lowest BCUT2D eigenvalue weighted by Crippen LogP contribution is -2.44. The first-order valence-corrected chi connectivity index (χ1v) is 11.6.